The number of rotatable bonds is 6. The molecule has 0 atom stereocenters. The summed E-state index contributed by atoms with van der Waals surface area (Å²) in [6, 6.07) is 5.66. The number of hydrogen-bond donors (Lipinski definition) is 2. The lowest BCUT2D eigenvalue weighted by molar-refractivity contribution is -0.118. The summed E-state index contributed by atoms with van der Waals surface area (Å²) in [6.45, 7) is 0.891. The second kappa shape index (κ2) is 6.50. The molecule has 0 saturated carbocycles. The van der Waals surface area contributed by atoms with E-state index in [1.54, 1.807) is 0 Å². The Bertz CT molecular complexity index is 369. The first-order valence-electron chi connectivity index (χ1n) is 5.03. The van der Waals surface area contributed by atoms with Crippen molar-refractivity contribution in [1.29, 1.82) is 0 Å². The number of ether oxygens (including phenoxy) is 1. The molecule has 4 N–H and O–H groups in total. The fourth-order valence-electron chi connectivity index (χ4n) is 1.26. The second-order valence-electron chi connectivity index (χ2n) is 3.36. The number of amides is 1. The molecule has 0 spiro atoms. The molecule has 0 bridgehead atoms. The zero-order valence-electron chi connectivity index (χ0n) is 8.91. The molecule has 1 aromatic rings. The highest BCUT2D eigenvalue weighted by Crippen LogP contribution is 2.22. The highest BCUT2D eigenvalue weighted by molar-refractivity contribution is 9.10. The Hall–Kier alpha value is -1.07. The summed E-state index contributed by atoms with van der Waals surface area (Å²) in [7, 11) is 0. The van der Waals surface area contributed by atoms with Gasteiger partial charge in [-0.2, -0.15) is 0 Å². The van der Waals surface area contributed by atoms with E-state index in [-0.39, 0.29) is 12.3 Å². The van der Waals surface area contributed by atoms with E-state index in [0.29, 0.717) is 13.2 Å². The van der Waals surface area contributed by atoms with Crippen molar-refractivity contribution in [2.45, 2.75) is 12.8 Å². The highest BCUT2D eigenvalue weighted by atomic mass is 79.9. The maximum atomic E-state index is 10.5. The van der Waals surface area contributed by atoms with Gasteiger partial charge in [0.15, 0.2) is 0 Å². The minimum absolute atomic E-state index is 0.224. The normalized spacial score (nSPS) is 10.1. The molecular formula is C11H15BrN2O2. The SMILES string of the molecule is NCCc1cc(OCCC(N)=O)ccc1Br. The molecule has 88 valence electrons. The molecule has 0 heterocycles. The van der Waals surface area contributed by atoms with Crippen LogP contribution in [0.3, 0.4) is 0 Å². The van der Waals surface area contributed by atoms with Crippen molar-refractivity contribution in [3.05, 3.63) is 28.2 Å². The van der Waals surface area contributed by atoms with Gasteiger partial charge in [-0.15, -0.1) is 0 Å². The second-order valence-corrected chi connectivity index (χ2v) is 4.21. The van der Waals surface area contributed by atoms with Crippen molar-refractivity contribution >= 4 is 21.8 Å². The summed E-state index contributed by atoms with van der Waals surface area (Å²) in [5, 5.41) is 0. The molecule has 0 radical (unpaired) electrons. The lowest BCUT2D eigenvalue weighted by atomic mass is 10.1. The van der Waals surface area contributed by atoms with Crippen LogP contribution in [0.1, 0.15) is 12.0 Å². The fourth-order valence-corrected chi connectivity index (χ4v) is 1.70. The average Bonchev–Trinajstić information content (AvgIpc) is 2.22. The van der Waals surface area contributed by atoms with E-state index in [4.69, 9.17) is 16.2 Å². The van der Waals surface area contributed by atoms with E-state index in [2.05, 4.69) is 15.9 Å². The topological polar surface area (TPSA) is 78.3 Å². The molecule has 16 heavy (non-hydrogen) atoms. The fraction of sp³-hybridized carbons (Fsp3) is 0.364. The lowest BCUT2D eigenvalue weighted by Crippen LogP contribution is -2.14. The molecule has 0 unspecified atom stereocenters. The lowest BCUT2D eigenvalue weighted by Gasteiger charge is -2.08. The predicted octanol–water partition coefficient (Wildman–Crippen LogP) is 1.20. The Morgan fingerprint density at radius 3 is 2.81 bits per heavy atom. The van der Waals surface area contributed by atoms with E-state index in [1.165, 1.54) is 0 Å². The van der Waals surface area contributed by atoms with Gasteiger partial charge >= 0.3 is 0 Å². The number of nitrogens with two attached hydrogens (primary N) is 2. The Morgan fingerprint density at radius 1 is 1.44 bits per heavy atom. The van der Waals surface area contributed by atoms with Crippen LogP contribution in [-0.4, -0.2) is 19.1 Å². The van der Waals surface area contributed by atoms with Crippen LogP contribution < -0.4 is 16.2 Å². The molecule has 0 aromatic heterocycles. The van der Waals surface area contributed by atoms with Crippen molar-refractivity contribution in [3.63, 3.8) is 0 Å². The molecule has 1 aromatic carbocycles. The van der Waals surface area contributed by atoms with Crippen LogP contribution in [0.15, 0.2) is 22.7 Å². The molecule has 4 nitrogen and oxygen atoms in total. The maximum absolute atomic E-state index is 10.5. The third-order valence-electron chi connectivity index (χ3n) is 2.05. The summed E-state index contributed by atoms with van der Waals surface area (Å²) in [6.07, 6.45) is 1.01. The minimum atomic E-state index is -0.362. The molecule has 1 amide bonds. The van der Waals surface area contributed by atoms with E-state index in [1.807, 2.05) is 18.2 Å². The third kappa shape index (κ3) is 4.20. The van der Waals surface area contributed by atoms with E-state index in [9.17, 15) is 4.79 Å². The van der Waals surface area contributed by atoms with Crippen molar-refractivity contribution in [3.8, 4) is 5.75 Å². The monoisotopic (exact) mass is 286 g/mol. The van der Waals surface area contributed by atoms with Crippen LogP contribution in [0.5, 0.6) is 5.75 Å². The molecule has 0 aliphatic carbocycles. The summed E-state index contributed by atoms with van der Waals surface area (Å²) in [5.41, 5.74) is 11.6. The molecule has 0 aliphatic rings. The molecular weight excluding hydrogens is 272 g/mol. The zero-order chi connectivity index (χ0) is 12.0. The van der Waals surface area contributed by atoms with Crippen molar-refractivity contribution in [2.24, 2.45) is 11.5 Å². The van der Waals surface area contributed by atoms with Crippen LogP contribution in [-0.2, 0) is 11.2 Å². The molecule has 0 aliphatic heterocycles. The summed E-state index contributed by atoms with van der Waals surface area (Å²) in [5.74, 6) is 0.368. The third-order valence-corrected chi connectivity index (χ3v) is 2.82. The van der Waals surface area contributed by atoms with Gasteiger partial charge in [0.2, 0.25) is 5.91 Å². The van der Waals surface area contributed by atoms with Gasteiger partial charge in [0.25, 0.3) is 0 Å². The number of halogens is 1. The van der Waals surface area contributed by atoms with Crippen LogP contribution >= 0.6 is 15.9 Å². The van der Waals surface area contributed by atoms with Gasteiger partial charge in [-0.05, 0) is 36.7 Å². The van der Waals surface area contributed by atoms with E-state index >= 15 is 0 Å². The van der Waals surface area contributed by atoms with Crippen molar-refractivity contribution in [2.75, 3.05) is 13.2 Å². The Labute approximate surface area is 103 Å². The quantitative estimate of drug-likeness (QED) is 0.825. The molecule has 0 fully saturated rings. The smallest absolute Gasteiger partial charge is 0.220 e. The first-order valence-corrected chi connectivity index (χ1v) is 5.82. The largest absolute Gasteiger partial charge is 0.493 e. The predicted molar refractivity (Wildman–Crippen MR) is 66.2 cm³/mol. The summed E-state index contributed by atoms with van der Waals surface area (Å²) in [4.78, 5) is 10.5. The van der Waals surface area contributed by atoms with Gasteiger partial charge in [-0.25, -0.2) is 0 Å². The van der Waals surface area contributed by atoms with Gasteiger partial charge in [0.1, 0.15) is 5.75 Å². The highest BCUT2D eigenvalue weighted by Gasteiger charge is 2.02. The zero-order valence-corrected chi connectivity index (χ0v) is 10.5. The van der Waals surface area contributed by atoms with Crippen LogP contribution in [0.4, 0.5) is 0 Å². The molecule has 5 heteroatoms. The number of primary amides is 1. The van der Waals surface area contributed by atoms with Crippen LogP contribution in [0.25, 0.3) is 0 Å². The Kier molecular flexibility index (Phi) is 5.28. The van der Waals surface area contributed by atoms with E-state index in [0.717, 1.165) is 22.2 Å². The van der Waals surface area contributed by atoms with Gasteiger partial charge in [-0.3, -0.25) is 4.79 Å². The van der Waals surface area contributed by atoms with Gasteiger partial charge < -0.3 is 16.2 Å². The molecule has 0 saturated heterocycles. The number of carbonyl (C=O) groups excluding carboxylic acids is 1. The first-order chi connectivity index (χ1) is 7.63. The average molecular weight is 287 g/mol. The summed E-state index contributed by atoms with van der Waals surface area (Å²) < 4.78 is 6.41. The van der Waals surface area contributed by atoms with E-state index < -0.39 is 0 Å². The first kappa shape index (κ1) is 13.0. The van der Waals surface area contributed by atoms with Gasteiger partial charge in [0.05, 0.1) is 13.0 Å². The van der Waals surface area contributed by atoms with Crippen LogP contribution in [0.2, 0.25) is 0 Å². The minimum Gasteiger partial charge on any atom is -0.493 e. The molecule has 1 rings (SSSR count). The van der Waals surface area contributed by atoms with Gasteiger partial charge in [0, 0.05) is 4.47 Å². The van der Waals surface area contributed by atoms with Crippen LogP contribution in [0, 0.1) is 0 Å². The Balaban J connectivity index is 2.60. The number of carbonyl (C=O) groups is 1. The summed E-state index contributed by atoms with van der Waals surface area (Å²) >= 11 is 3.44. The Morgan fingerprint density at radius 2 is 2.19 bits per heavy atom. The van der Waals surface area contributed by atoms with Crippen molar-refractivity contribution in [1.82, 2.24) is 0 Å². The van der Waals surface area contributed by atoms with Gasteiger partial charge in [-0.1, -0.05) is 15.9 Å². The number of benzene rings is 1. The standard InChI is InChI=1S/C11H15BrN2O2/c12-10-2-1-9(7-8(10)3-5-13)16-6-4-11(14)15/h1-2,7H,3-6,13H2,(H2,14,15). The maximum Gasteiger partial charge on any atom is 0.220 e. The number of hydrogen-bond acceptors (Lipinski definition) is 3. The van der Waals surface area contributed by atoms with Crippen molar-refractivity contribution < 1.29 is 9.53 Å².